The van der Waals surface area contributed by atoms with E-state index in [2.05, 4.69) is 0 Å². The Labute approximate surface area is 205 Å². The van der Waals surface area contributed by atoms with Gasteiger partial charge in [0, 0.05) is 17.3 Å². The molecule has 2 amide bonds. The summed E-state index contributed by atoms with van der Waals surface area (Å²) in [5.74, 6) is -3.04. The van der Waals surface area contributed by atoms with Crippen LogP contribution in [-0.2, 0) is 23.9 Å². The Morgan fingerprint density at radius 2 is 1.83 bits per heavy atom. The van der Waals surface area contributed by atoms with Gasteiger partial charge in [-0.1, -0.05) is 12.1 Å². The molecule has 7 nitrogen and oxygen atoms in total. The number of amides is 2. The van der Waals surface area contributed by atoms with Crippen molar-refractivity contribution in [3.8, 4) is 6.07 Å². The highest BCUT2D eigenvalue weighted by molar-refractivity contribution is 7.08. The van der Waals surface area contributed by atoms with E-state index in [-0.39, 0.29) is 29.4 Å². The van der Waals surface area contributed by atoms with E-state index in [1.165, 1.54) is 33.4 Å². The summed E-state index contributed by atoms with van der Waals surface area (Å²) in [6, 6.07) is 10.9. The number of benzene rings is 2. The van der Waals surface area contributed by atoms with Crippen LogP contribution in [0.5, 0.6) is 0 Å². The number of thiophene rings is 1. The Morgan fingerprint density at radius 3 is 2.47 bits per heavy atom. The molecule has 36 heavy (non-hydrogen) atoms. The van der Waals surface area contributed by atoms with Crippen LogP contribution in [0.2, 0.25) is 0 Å². The third-order valence-corrected chi connectivity index (χ3v) is 6.77. The number of hydrogen-bond acceptors (Lipinski definition) is 5. The highest BCUT2D eigenvalue weighted by Gasteiger charge is 2.39. The number of carbonyl (C=O) groups is 3. The molecule has 1 aliphatic rings. The summed E-state index contributed by atoms with van der Waals surface area (Å²) in [5.41, 5.74) is -0.194. The number of anilines is 1. The van der Waals surface area contributed by atoms with Crippen LogP contribution in [0.4, 0.5) is 18.9 Å². The number of nitrogens with zero attached hydrogens (tertiary/aromatic N) is 3. The van der Waals surface area contributed by atoms with Crippen molar-refractivity contribution in [3.05, 3.63) is 86.7 Å². The first kappa shape index (κ1) is 23.3. The fraction of sp³-hybridized carbons (Fsp3) is 0.120. The summed E-state index contributed by atoms with van der Waals surface area (Å²) in [5, 5.41) is 22.2. The standard InChI is InChI=1S/C25H14F3N3O4S/c26-25(27,28)16-5-6-19-17(8-16)21(31-20(32)7-15-11-36-12-18(15)23(31)33)22(24(34)35)30(19)10-14-3-1-13(9-29)2-4-14/h1-6,8,11-12H,7,10H2,(H,34,35). The quantitative estimate of drug-likeness (QED) is 0.387. The first-order valence-electron chi connectivity index (χ1n) is 10.5. The molecule has 180 valence electrons. The smallest absolute Gasteiger partial charge is 0.416 e. The Bertz CT molecular complexity index is 1610. The Morgan fingerprint density at radius 1 is 1.11 bits per heavy atom. The van der Waals surface area contributed by atoms with E-state index in [0.717, 1.165) is 18.2 Å². The van der Waals surface area contributed by atoms with Gasteiger partial charge in [0.25, 0.3) is 5.91 Å². The predicted octanol–water partition coefficient (Wildman–Crippen LogP) is 5.07. The van der Waals surface area contributed by atoms with Crippen LogP contribution in [0.3, 0.4) is 0 Å². The second-order valence-electron chi connectivity index (χ2n) is 8.15. The van der Waals surface area contributed by atoms with Gasteiger partial charge >= 0.3 is 12.1 Å². The van der Waals surface area contributed by atoms with Gasteiger partial charge in [-0.25, -0.2) is 9.69 Å². The van der Waals surface area contributed by atoms with Gasteiger partial charge in [-0.05, 0) is 46.8 Å². The molecule has 1 N–H and O–H groups in total. The van der Waals surface area contributed by atoms with Crippen molar-refractivity contribution in [2.75, 3.05) is 4.90 Å². The maximum atomic E-state index is 13.6. The van der Waals surface area contributed by atoms with E-state index >= 15 is 0 Å². The lowest BCUT2D eigenvalue weighted by Gasteiger charge is -2.25. The number of nitriles is 1. The third-order valence-electron chi connectivity index (χ3n) is 5.98. The first-order valence-corrected chi connectivity index (χ1v) is 11.4. The largest absolute Gasteiger partial charge is 0.477 e. The van der Waals surface area contributed by atoms with Gasteiger partial charge in [0.15, 0.2) is 5.69 Å². The lowest BCUT2D eigenvalue weighted by Crippen LogP contribution is -2.42. The van der Waals surface area contributed by atoms with E-state index in [1.807, 2.05) is 6.07 Å². The van der Waals surface area contributed by atoms with E-state index in [1.54, 1.807) is 17.5 Å². The molecule has 11 heteroatoms. The number of imide groups is 1. The van der Waals surface area contributed by atoms with Gasteiger partial charge in [-0.3, -0.25) is 9.59 Å². The fourth-order valence-corrected chi connectivity index (χ4v) is 5.17. The maximum absolute atomic E-state index is 13.6. The van der Waals surface area contributed by atoms with Crippen molar-refractivity contribution in [2.45, 2.75) is 19.1 Å². The summed E-state index contributed by atoms with van der Waals surface area (Å²) in [4.78, 5) is 39.5. The lowest BCUT2D eigenvalue weighted by atomic mass is 10.0. The topological polar surface area (TPSA) is 103 Å². The monoisotopic (exact) mass is 509 g/mol. The minimum atomic E-state index is -4.74. The molecule has 0 fully saturated rings. The fourth-order valence-electron chi connectivity index (χ4n) is 4.34. The molecule has 0 aliphatic carbocycles. The normalized spacial score (nSPS) is 13.7. The molecule has 1 aliphatic heterocycles. The van der Waals surface area contributed by atoms with E-state index < -0.39 is 40.9 Å². The molecule has 0 saturated carbocycles. The van der Waals surface area contributed by atoms with Gasteiger partial charge in [0.2, 0.25) is 5.91 Å². The van der Waals surface area contributed by atoms with E-state index in [0.29, 0.717) is 21.6 Å². The molecule has 3 heterocycles. The number of carbonyl (C=O) groups excluding carboxylic acids is 2. The number of aromatic carboxylic acids is 1. The minimum absolute atomic E-state index is 0.0882. The van der Waals surface area contributed by atoms with Crippen LogP contribution in [0, 0.1) is 11.3 Å². The molecule has 0 bridgehead atoms. The van der Waals surface area contributed by atoms with Crippen molar-refractivity contribution in [2.24, 2.45) is 0 Å². The summed E-state index contributed by atoms with van der Waals surface area (Å²) < 4.78 is 42.0. The van der Waals surface area contributed by atoms with Crippen LogP contribution in [-0.4, -0.2) is 27.5 Å². The molecular weight excluding hydrogens is 495 g/mol. The van der Waals surface area contributed by atoms with Crippen molar-refractivity contribution in [1.82, 2.24) is 4.57 Å². The second kappa shape index (κ2) is 8.35. The van der Waals surface area contributed by atoms with Gasteiger partial charge in [-0.15, -0.1) is 0 Å². The summed E-state index contributed by atoms with van der Waals surface area (Å²) in [7, 11) is 0. The predicted molar refractivity (Wildman–Crippen MR) is 124 cm³/mol. The van der Waals surface area contributed by atoms with Gasteiger partial charge in [0.05, 0.1) is 40.4 Å². The highest BCUT2D eigenvalue weighted by Crippen LogP contribution is 2.41. The van der Waals surface area contributed by atoms with Gasteiger partial charge < -0.3 is 9.67 Å². The average molecular weight is 509 g/mol. The number of rotatable bonds is 4. The number of hydrogen-bond donors (Lipinski definition) is 1. The van der Waals surface area contributed by atoms with Gasteiger partial charge in [-0.2, -0.15) is 29.8 Å². The number of carboxylic acid groups (broad SMARTS) is 1. The Kier molecular flexibility index (Phi) is 5.41. The summed E-state index contributed by atoms with van der Waals surface area (Å²) in [6.07, 6.45) is -4.93. The molecule has 4 aromatic rings. The Balaban J connectivity index is 1.79. The van der Waals surface area contributed by atoms with Gasteiger partial charge in [0.1, 0.15) is 0 Å². The number of fused-ring (bicyclic) bond motifs is 2. The molecule has 0 saturated heterocycles. The summed E-state index contributed by atoms with van der Waals surface area (Å²) >= 11 is 1.20. The molecule has 2 aromatic heterocycles. The number of halogens is 3. The van der Waals surface area contributed by atoms with Crippen molar-refractivity contribution >= 4 is 45.7 Å². The zero-order valence-corrected chi connectivity index (χ0v) is 19.0. The highest BCUT2D eigenvalue weighted by atomic mass is 32.1. The molecule has 0 atom stereocenters. The molecule has 0 spiro atoms. The molecule has 0 unspecified atom stereocenters. The number of alkyl halides is 3. The van der Waals surface area contributed by atoms with E-state index in [9.17, 15) is 32.7 Å². The van der Waals surface area contributed by atoms with Crippen LogP contribution in [0.15, 0.2) is 53.2 Å². The van der Waals surface area contributed by atoms with Crippen molar-refractivity contribution in [1.29, 1.82) is 5.26 Å². The zero-order valence-electron chi connectivity index (χ0n) is 18.2. The van der Waals surface area contributed by atoms with E-state index in [4.69, 9.17) is 5.26 Å². The minimum Gasteiger partial charge on any atom is -0.477 e. The maximum Gasteiger partial charge on any atom is 0.416 e. The average Bonchev–Trinajstić information content (AvgIpc) is 3.42. The lowest BCUT2D eigenvalue weighted by molar-refractivity contribution is -0.137. The van der Waals surface area contributed by atoms with Crippen molar-refractivity contribution in [3.63, 3.8) is 0 Å². The molecule has 0 radical (unpaired) electrons. The number of carboxylic acids is 1. The van der Waals surface area contributed by atoms with Crippen LogP contribution >= 0.6 is 11.3 Å². The third kappa shape index (κ3) is 3.72. The first-order chi connectivity index (χ1) is 17.1. The number of aromatic nitrogens is 1. The van der Waals surface area contributed by atoms with Crippen molar-refractivity contribution < 1.29 is 32.7 Å². The summed E-state index contributed by atoms with van der Waals surface area (Å²) in [6.45, 7) is -0.0882. The van der Waals surface area contributed by atoms with Crippen LogP contribution in [0.25, 0.3) is 10.9 Å². The second-order valence-corrected chi connectivity index (χ2v) is 8.89. The SMILES string of the molecule is N#Cc1ccc(Cn2c(C(=O)O)c(N3C(=O)Cc4cscc4C3=O)c3cc(C(F)(F)F)ccc32)cc1. The van der Waals surface area contributed by atoms with Crippen LogP contribution in [0.1, 0.15) is 43.1 Å². The zero-order chi connectivity index (χ0) is 25.8. The molecular formula is C25H14F3N3O4S. The Hall–Kier alpha value is -4.43. The molecule has 2 aromatic carbocycles. The molecule has 5 rings (SSSR count). The van der Waals surface area contributed by atoms with Crippen LogP contribution < -0.4 is 4.90 Å².